The Morgan fingerprint density at radius 1 is 1.45 bits per heavy atom. The van der Waals surface area contributed by atoms with E-state index < -0.39 is 11.4 Å². The SMILES string of the molecule is CCOC(=O)C(C)(C)C(=O)Cn1cnc(C)c(I)c1=O. The Hall–Kier alpha value is -1.25. The minimum Gasteiger partial charge on any atom is -0.465 e. The minimum absolute atomic E-state index is 0.200. The molecule has 0 N–H and O–H groups in total. The van der Waals surface area contributed by atoms with Crippen LogP contribution in [0.25, 0.3) is 0 Å². The summed E-state index contributed by atoms with van der Waals surface area (Å²) in [6.07, 6.45) is 1.32. The Labute approximate surface area is 130 Å². The van der Waals surface area contributed by atoms with Crippen LogP contribution in [0.1, 0.15) is 26.5 Å². The third-order valence-electron chi connectivity index (χ3n) is 2.95. The lowest BCUT2D eigenvalue weighted by atomic mass is 9.88. The van der Waals surface area contributed by atoms with Gasteiger partial charge in [-0.25, -0.2) is 4.98 Å². The van der Waals surface area contributed by atoms with Gasteiger partial charge in [0.15, 0.2) is 5.78 Å². The molecule has 1 aromatic heterocycles. The fourth-order valence-electron chi connectivity index (χ4n) is 1.44. The molecule has 0 saturated carbocycles. The van der Waals surface area contributed by atoms with E-state index >= 15 is 0 Å². The minimum atomic E-state index is -1.29. The maximum atomic E-state index is 12.2. The molecule has 0 aliphatic heterocycles. The molecular formula is C13H17IN2O4. The van der Waals surface area contributed by atoms with E-state index in [1.54, 1.807) is 13.8 Å². The summed E-state index contributed by atoms with van der Waals surface area (Å²) in [7, 11) is 0. The summed E-state index contributed by atoms with van der Waals surface area (Å²) in [5, 5.41) is 0. The van der Waals surface area contributed by atoms with Gasteiger partial charge in [-0.1, -0.05) is 0 Å². The van der Waals surface area contributed by atoms with Gasteiger partial charge in [0.1, 0.15) is 5.41 Å². The van der Waals surface area contributed by atoms with Gasteiger partial charge in [0, 0.05) is 0 Å². The number of rotatable bonds is 5. The van der Waals surface area contributed by atoms with Gasteiger partial charge in [0.25, 0.3) is 5.56 Å². The van der Waals surface area contributed by atoms with Crippen LogP contribution in [0.2, 0.25) is 0 Å². The molecule has 0 atom stereocenters. The van der Waals surface area contributed by atoms with Crippen LogP contribution in [0.5, 0.6) is 0 Å². The first-order chi connectivity index (χ1) is 9.21. The summed E-state index contributed by atoms with van der Waals surface area (Å²) in [6.45, 7) is 6.39. The van der Waals surface area contributed by atoms with Crippen molar-refractivity contribution < 1.29 is 14.3 Å². The monoisotopic (exact) mass is 392 g/mol. The molecule has 0 radical (unpaired) electrons. The number of carbonyl (C=O) groups is 2. The predicted molar refractivity (Wildman–Crippen MR) is 81.4 cm³/mol. The molecule has 0 aromatic carbocycles. The number of ketones is 1. The van der Waals surface area contributed by atoms with E-state index in [2.05, 4.69) is 4.98 Å². The molecule has 1 heterocycles. The molecule has 1 aromatic rings. The van der Waals surface area contributed by atoms with Crippen molar-refractivity contribution in [2.24, 2.45) is 5.41 Å². The Morgan fingerprint density at radius 3 is 2.60 bits per heavy atom. The smallest absolute Gasteiger partial charge is 0.319 e. The fraction of sp³-hybridized carbons (Fsp3) is 0.538. The van der Waals surface area contributed by atoms with Crippen LogP contribution >= 0.6 is 22.6 Å². The van der Waals surface area contributed by atoms with Crippen LogP contribution in [-0.4, -0.2) is 27.9 Å². The topological polar surface area (TPSA) is 78.3 Å². The number of halogens is 1. The Bertz CT molecular complexity index is 593. The third-order valence-corrected chi connectivity index (χ3v) is 4.20. The van der Waals surface area contributed by atoms with Crippen LogP contribution in [0.3, 0.4) is 0 Å². The van der Waals surface area contributed by atoms with E-state index in [4.69, 9.17) is 4.74 Å². The second kappa shape index (κ2) is 6.47. The number of Topliss-reactive ketones (excluding diaryl/α,β-unsaturated/α-hetero) is 1. The largest absolute Gasteiger partial charge is 0.465 e. The number of carbonyl (C=O) groups excluding carboxylic acids is 2. The average Bonchev–Trinajstić information content (AvgIpc) is 2.39. The van der Waals surface area contributed by atoms with Crippen LogP contribution in [-0.2, 0) is 20.9 Å². The number of nitrogens with zero attached hydrogens (tertiary/aromatic N) is 2. The van der Waals surface area contributed by atoms with Gasteiger partial charge in [-0.15, -0.1) is 0 Å². The summed E-state index contributed by atoms with van der Waals surface area (Å²) in [5.74, 6) is -0.979. The quantitative estimate of drug-likeness (QED) is 0.429. The highest BCUT2D eigenvalue weighted by Gasteiger charge is 2.37. The molecule has 1 rings (SSSR count). The molecule has 0 amide bonds. The average molecular weight is 392 g/mol. The van der Waals surface area contributed by atoms with E-state index in [1.165, 1.54) is 24.7 Å². The van der Waals surface area contributed by atoms with E-state index in [1.807, 2.05) is 22.6 Å². The lowest BCUT2D eigenvalue weighted by Crippen LogP contribution is -2.39. The summed E-state index contributed by atoms with van der Waals surface area (Å²) in [5.41, 5.74) is -0.957. The second-order valence-electron chi connectivity index (χ2n) is 4.85. The van der Waals surface area contributed by atoms with Gasteiger partial charge in [0.2, 0.25) is 0 Å². The first-order valence-electron chi connectivity index (χ1n) is 6.13. The number of hydrogen-bond donors (Lipinski definition) is 0. The maximum absolute atomic E-state index is 12.2. The Morgan fingerprint density at radius 2 is 2.05 bits per heavy atom. The van der Waals surface area contributed by atoms with Crippen molar-refractivity contribution >= 4 is 34.3 Å². The number of ether oxygens (including phenoxy) is 1. The van der Waals surface area contributed by atoms with E-state index in [0.717, 1.165) is 0 Å². The molecule has 0 bridgehead atoms. The summed E-state index contributed by atoms with van der Waals surface area (Å²) in [6, 6.07) is 0. The van der Waals surface area contributed by atoms with Crippen LogP contribution in [0.4, 0.5) is 0 Å². The van der Waals surface area contributed by atoms with E-state index in [-0.39, 0.29) is 24.5 Å². The highest BCUT2D eigenvalue weighted by molar-refractivity contribution is 14.1. The van der Waals surface area contributed by atoms with Crippen LogP contribution in [0.15, 0.2) is 11.1 Å². The highest BCUT2D eigenvalue weighted by Crippen LogP contribution is 2.19. The lowest BCUT2D eigenvalue weighted by Gasteiger charge is -2.21. The molecule has 6 nitrogen and oxygen atoms in total. The summed E-state index contributed by atoms with van der Waals surface area (Å²) >= 11 is 1.89. The molecular weight excluding hydrogens is 375 g/mol. The van der Waals surface area contributed by atoms with Crippen molar-refractivity contribution in [3.63, 3.8) is 0 Å². The normalized spacial score (nSPS) is 11.2. The third kappa shape index (κ3) is 3.44. The van der Waals surface area contributed by atoms with Crippen LogP contribution < -0.4 is 5.56 Å². The summed E-state index contributed by atoms with van der Waals surface area (Å²) in [4.78, 5) is 40.0. The molecule has 0 aliphatic rings. The molecule has 110 valence electrons. The lowest BCUT2D eigenvalue weighted by molar-refractivity contribution is -0.158. The summed E-state index contributed by atoms with van der Waals surface area (Å²) < 4.78 is 6.55. The maximum Gasteiger partial charge on any atom is 0.319 e. The van der Waals surface area contributed by atoms with Gasteiger partial charge >= 0.3 is 5.97 Å². The molecule has 0 saturated heterocycles. The predicted octanol–water partition coefficient (Wildman–Crippen LogP) is 1.31. The van der Waals surface area contributed by atoms with Crippen molar-refractivity contribution in [2.45, 2.75) is 34.2 Å². The zero-order valence-electron chi connectivity index (χ0n) is 11.9. The molecule has 20 heavy (non-hydrogen) atoms. The highest BCUT2D eigenvalue weighted by atomic mass is 127. The van der Waals surface area contributed by atoms with Crippen molar-refractivity contribution in [3.8, 4) is 0 Å². The molecule has 7 heteroatoms. The Kier molecular flexibility index (Phi) is 5.43. The van der Waals surface area contributed by atoms with Crippen LogP contribution in [0, 0.1) is 15.9 Å². The number of hydrogen-bond acceptors (Lipinski definition) is 5. The zero-order valence-corrected chi connectivity index (χ0v) is 14.1. The zero-order chi connectivity index (χ0) is 15.5. The van der Waals surface area contributed by atoms with Gasteiger partial charge in [-0.2, -0.15) is 0 Å². The van der Waals surface area contributed by atoms with Crippen molar-refractivity contribution in [2.75, 3.05) is 6.61 Å². The van der Waals surface area contributed by atoms with E-state index in [9.17, 15) is 14.4 Å². The van der Waals surface area contributed by atoms with Gasteiger partial charge in [-0.05, 0) is 50.3 Å². The molecule has 0 fully saturated rings. The van der Waals surface area contributed by atoms with Crippen molar-refractivity contribution in [1.29, 1.82) is 0 Å². The van der Waals surface area contributed by atoms with E-state index in [0.29, 0.717) is 9.26 Å². The van der Waals surface area contributed by atoms with Crippen molar-refractivity contribution in [3.05, 3.63) is 25.9 Å². The molecule has 0 spiro atoms. The first-order valence-corrected chi connectivity index (χ1v) is 7.21. The van der Waals surface area contributed by atoms with Gasteiger partial charge in [-0.3, -0.25) is 19.0 Å². The molecule has 0 aliphatic carbocycles. The van der Waals surface area contributed by atoms with Gasteiger partial charge in [0.05, 0.1) is 28.7 Å². The first kappa shape index (κ1) is 16.8. The second-order valence-corrected chi connectivity index (χ2v) is 5.92. The fourth-order valence-corrected chi connectivity index (χ4v) is 1.89. The Balaban J connectivity index is 3.00. The number of aromatic nitrogens is 2. The molecule has 0 unspecified atom stereocenters. The number of aryl methyl sites for hydroxylation is 1. The van der Waals surface area contributed by atoms with Gasteiger partial charge < -0.3 is 4.74 Å². The standard InChI is InChI=1S/C13H17IN2O4/c1-5-20-12(19)13(3,4)9(17)6-16-7-15-8(2)10(14)11(16)18/h7H,5-6H2,1-4H3. The van der Waals surface area contributed by atoms with Crippen molar-refractivity contribution in [1.82, 2.24) is 9.55 Å². The number of esters is 1.